The Labute approximate surface area is 206 Å². The molecule has 0 amide bonds. The van der Waals surface area contributed by atoms with Crippen LogP contribution in [0, 0.1) is 11.8 Å². The Morgan fingerprint density at radius 1 is 1.17 bits per heavy atom. The lowest BCUT2D eigenvalue weighted by Crippen LogP contribution is -2.40. The van der Waals surface area contributed by atoms with Gasteiger partial charge in [-0.05, 0) is 31.0 Å². The molecule has 4 rings (SSSR count). The zero-order valence-corrected chi connectivity index (χ0v) is 20.2. The first kappa shape index (κ1) is 24.5. The monoisotopic (exact) mass is 490 g/mol. The standard InChI is InChI=1S/C25H26N6O5/c1-4-10-30-22-20(23(32)31(11-5-2)25(30)35)27-21(28-22)18-14-26-29(15-18)12-6-7-16-13-17(24(33)34)8-9-19(16)36-3/h8-9,13-15H,4-5,10-12H2,1-3H3,(H,27,28)(H,33,34). The molecule has 2 N–H and O–H groups in total. The van der Waals surface area contributed by atoms with Crippen LogP contribution >= 0.6 is 0 Å². The van der Waals surface area contributed by atoms with Crippen LogP contribution in [0.5, 0.6) is 5.75 Å². The Kier molecular flexibility index (Phi) is 7.05. The summed E-state index contributed by atoms with van der Waals surface area (Å²) < 4.78 is 9.63. The molecule has 0 radical (unpaired) electrons. The van der Waals surface area contributed by atoms with Crippen molar-refractivity contribution in [2.24, 2.45) is 0 Å². The van der Waals surface area contributed by atoms with Crippen LogP contribution in [0.25, 0.3) is 22.6 Å². The Hall–Kier alpha value is -4.59. The number of aromatic nitrogens is 6. The van der Waals surface area contributed by atoms with Gasteiger partial charge in [0.25, 0.3) is 5.56 Å². The van der Waals surface area contributed by atoms with E-state index < -0.39 is 11.5 Å². The summed E-state index contributed by atoms with van der Waals surface area (Å²) in [4.78, 5) is 44.7. The number of nitrogens with one attached hydrogen (secondary N) is 1. The molecule has 0 saturated heterocycles. The summed E-state index contributed by atoms with van der Waals surface area (Å²) in [5.74, 6) is 5.74. The molecular weight excluding hydrogens is 464 g/mol. The highest BCUT2D eigenvalue weighted by atomic mass is 16.5. The number of nitrogens with zero attached hydrogens (tertiary/aromatic N) is 5. The molecule has 0 spiro atoms. The number of hydrogen-bond acceptors (Lipinski definition) is 6. The van der Waals surface area contributed by atoms with Crippen LogP contribution in [-0.2, 0) is 19.6 Å². The normalized spacial score (nSPS) is 10.9. The minimum Gasteiger partial charge on any atom is -0.495 e. The van der Waals surface area contributed by atoms with Gasteiger partial charge in [0.15, 0.2) is 5.65 Å². The topological polar surface area (TPSA) is 137 Å². The number of carbonyl (C=O) groups is 1. The van der Waals surface area contributed by atoms with E-state index in [2.05, 4.69) is 26.9 Å². The van der Waals surface area contributed by atoms with Crippen molar-refractivity contribution in [3.63, 3.8) is 0 Å². The quantitative estimate of drug-likeness (QED) is 0.362. The molecule has 0 unspecified atom stereocenters. The lowest BCUT2D eigenvalue weighted by Gasteiger charge is -2.09. The predicted molar refractivity (Wildman–Crippen MR) is 133 cm³/mol. The van der Waals surface area contributed by atoms with Crippen molar-refractivity contribution in [3.05, 3.63) is 62.6 Å². The van der Waals surface area contributed by atoms with Gasteiger partial charge in [0.1, 0.15) is 23.6 Å². The minimum atomic E-state index is -1.05. The number of rotatable bonds is 8. The number of aryl methyl sites for hydroxylation is 1. The summed E-state index contributed by atoms with van der Waals surface area (Å²) in [7, 11) is 1.49. The Bertz CT molecular complexity index is 1610. The fourth-order valence-corrected chi connectivity index (χ4v) is 3.88. The van der Waals surface area contributed by atoms with E-state index >= 15 is 0 Å². The largest absolute Gasteiger partial charge is 0.495 e. The van der Waals surface area contributed by atoms with Gasteiger partial charge in [-0.3, -0.25) is 18.6 Å². The molecular formula is C25H26N6O5. The third-order valence-electron chi connectivity index (χ3n) is 5.57. The molecule has 0 bridgehead atoms. The highest BCUT2D eigenvalue weighted by Gasteiger charge is 2.18. The van der Waals surface area contributed by atoms with Gasteiger partial charge in [0.2, 0.25) is 0 Å². The zero-order valence-electron chi connectivity index (χ0n) is 20.2. The van der Waals surface area contributed by atoms with E-state index in [9.17, 15) is 19.5 Å². The summed E-state index contributed by atoms with van der Waals surface area (Å²) in [6.07, 6.45) is 4.70. The number of fused-ring (bicyclic) bond motifs is 1. The third kappa shape index (κ3) is 4.65. The van der Waals surface area contributed by atoms with Crippen molar-refractivity contribution in [2.45, 2.75) is 46.3 Å². The molecule has 0 aliphatic heterocycles. The second-order valence-electron chi connectivity index (χ2n) is 8.12. The van der Waals surface area contributed by atoms with Gasteiger partial charge in [-0.25, -0.2) is 14.6 Å². The summed E-state index contributed by atoms with van der Waals surface area (Å²) >= 11 is 0. The van der Waals surface area contributed by atoms with Crippen molar-refractivity contribution in [3.8, 4) is 29.0 Å². The average Bonchev–Trinajstić information content (AvgIpc) is 3.52. The van der Waals surface area contributed by atoms with Crippen LogP contribution in [-0.4, -0.2) is 47.1 Å². The average molecular weight is 491 g/mol. The molecule has 186 valence electrons. The molecule has 11 nitrogen and oxygen atoms in total. The zero-order chi connectivity index (χ0) is 25.8. The Balaban J connectivity index is 1.65. The lowest BCUT2D eigenvalue weighted by atomic mass is 10.1. The fourth-order valence-electron chi connectivity index (χ4n) is 3.88. The first-order valence-electron chi connectivity index (χ1n) is 11.5. The molecule has 0 aliphatic carbocycles. The van der Waals surface area contributed by atoms with Crippen molar-refractivity contribution < 1.29 is 14.6 Å². The number of benzene rings is 1. The van der Waals surface area contributed by atoms with Crippen molar-refractivity contribution in [1.29, 1.82) is 0 Å². The number of H-pyrrole nitrogens is 1. The Morgan fingerprint density at radius 3 is 2.61 bits per heavy atom. The van der Waals surface area contributed by atoms with Gasteiger partial charge in [-0.15, -0.1) is 0 Å². The second kappa shape index (κ2) is 10.4. The van der Waals surface area contributed by atoms with Gasteiger partial charge in [0.05, 0.1) is 30.0 Å². The van der Waals surface area contributed by atoms with Crippen molar-refractivity contribution in [2.75, 3.05) is 7.11 Å². The molecule has 0 atom stereocenters. The van der Waals surface area contributed by atoms with Crippen LogP contribution < -0.4 is 16.0 Å². The highest BCUT2D eigenvalue weighted by Crippen LogP contribution is 2.20. The van der Waals surface area contributed by atoms with Gasteiger partial charge in [-0.2, -0.15) is 5.10 Å². The molecule has 4 aromatic rings. The predicted octanol–water partition coefficient (Wildman–Crippen LogP) is 2.33. The first-order chi connectivity index (χ1) is 17.4. The van der Waals surface area contributed by atoms with Crippen LogP contribution in [0.4, 0.5) is 0 Å². The van der Waals surface area contributed by atoms with Crippen LogP contribution in [0.3, 0.4) is 0 Å². The number of carboxylic acid groups (broad SMARTS) is 1. The summed E-state index contributed by atoms with van der Waals surface area (Å²) in [6.45, 7) is 4.88. The third-order valence-corrected chi connectivity index (χ3v) is 5.57. The summed E-state index contributed by atoms with van der Waals surface area (Å²) in [5.41, 5.74) is 1.07. The maximum absolute atomic E-state index is 12.9. The molecule has 0 fully saturated rings. The number of methoxy groups -OCH3 is 1. The molecule has 11 heteroatoms. The number of carboxylic acids is 1. The molecule has 36 heavy (non-hydrogen) atoms. The van der Waals surface area contributed by atoms with E-state index in [0.29, 0.717) is 47.9 Å². The molecule has 1 aromatic carbocycles. The number of hydrogen-bond donors (Lipinski definition) is 2. The van der Waals surface area contributed by atoms with E-state index in [0.717, 1.165) is 6.42 Å². The number of aromatic amines is 1. The van der Waals surface area contributed by atoms with Gasteiger partial charge >= 0.3 is 11.7 Å². The summed E-state index contributed by atoms with van der Waals surface area (Å²) in [6, 6.07) is 4.47. The number of imidazole rings is 1. The smallest absolute Gasteiger partial charge is 0.335 e. The van der Waals surface area contributed by atoms with Crippen molar-refractivity contribution >= 4 is 17.1 Å². The van der Waals surface area contributed by atoms with E-state index in [1.165, 1.54) is 28.4 Å². The van der Waals surface area contributed by atoms with Crippen LogP contribution in [0.15, 0.2) is 40.2 Å². The fraction of sp³-hybridized carbons (Fsp3) is 0.320. The van der Waals surface area contributed by atoms with E-state index in [4.69, 9.17) is 4.74 Å². The van der Waals surface area contributed by atoms with Gasteiger partial charge in [0, 0.05) is 19.3 Å². The molecule has 3 aromatic heterocycles. The van der Waals surface area contributed by atoms with Crippen LogP contribution in [0.1, 0.15) is 42.6 Å². The van der Waals surface area contributed by atoms with Gasteiger partial charge in [-0.1, -0.05) is 25.7 Å². The maximum Gasteiger partial charge on any atom is 0.335 e. The molecule has 0 aliphatic rings. The molecule has 3 heterocycles. The number of ether oxygens (including phenoxy) is 1. The SMILES string of the molecule is CCCn1c(=O)c2[nH]c(-c3cnn(CC#Cc4cc(C(=O)O)ccc4OC)c3)nc2n(CCC)c1=O. The van der Waals surface area contributed by atoms with Crippen LogP contribution in [0.2, 0.25) is 0 Å². The van der Waals surface area contributed by atoms with E-state index in [1.807, 2.05) is 13.8 Å². The van der Waals surface area contributed by atoms with E-state index in [-0.39, 0.29) is 23.3 Å². The summed E-state index contributed by atoms with van der Waals surface area (Å²) in [5, 5.41) is 13.5. The Morgan fingerprint density at radius 2 is 1.92 bits per heavy atom. The first-order valence-corrected chi connectivity index (χ1v) is 11.5. The second-order valence-corrected chi connectivity index (χ2v) is 8.12. The highest BCUT2D eigenvalue weighted by molar-refractivity contribution is 5.88. The van der Waals surface area contributed by atoms with E-state index in [1.54, 1.807) is 23.1 Å². The minimum absolute atomic E-state index is 0.117. The number of aromatic carboxylic acids is 1. The lowest BCUT2D eigenvalue weighted by molar-refractivity contribution is 0.0697. The maximum atomic E-state index is 12.9. The van der Waals surface area contributed by atoms with Crippen molar-refractivity contribution in [1.82, 2.24) is 28.9 Å². The molecule has 0 saturated carbocycles. The van der Waals surface area contributed by atoms with Gasteiger partial charge < -0.3 is 14.8 Å².